The number of benzene rings is 3. The summed E-state index contributed by atoms with van der Waals surface area (Å²) in [5.74, 6) is -0.652. The van der Waals surface area contributed by atoms with Gasteiger partial charge in [-0.15, -0.1) is 0 Å². The Hall–Kier alpha value is -3.70. The summed E-state index contributed by atoms with van der Waals surface area (Å²) in [7, 11) is 0. The lowest BCUT2D eigenvalue weighted by molar-refractivity contribution is -0.204. The highest BCUT2D eigenvalue weighted by atomic mass is 35.5. The fourth-order valence-corrected chi connectivity index (χ4v) is 6.41. The Morgan fingerprint density at radius 1 is 0.860 bits per heavy atom. The van der Waals surface area contributed by atoms with E-state index >= 15 is 0 Å². The molecule has 4 heterocycles. The first-order chi connectivity index (χ1) is 20.9. The number of aromatic nitrogens is 4. The highest BCUT2D eigenvalue weighted by molar-refractivity contribution is 6.33. The van der Waals surface area contributed by atoms with Gasteiger partial charge in [0, 0.05) is 0 Å². The van der Waals surface area contributed by atoms with Crippen molar-refractivity contribution < 1.29 is 24.1 Å². The third-order valence-electron chi connectivity index (χ3n) is 7.97. The van der Waals surface area contributed by atoms with Crippen molar-refractivity contribution in [2.45, 2.75) is 56.4 Å². The summed E-state index contributed by atoms with van der Waals surface area (Å²) in [4.78, 5) is 13.0. The zero-order valence-corrected chi connectivity index (χ0v) is 24.5. The molecule has 0 spiro atoms. The van der Waals surface area contributed by atoms with Crippen LogP contribution < -0.4 is 0 Å². The smallest absolute Gasteiger partial charge is 0.167 e. The molecule has 2 aliphatic heterocycles. The second-order valence-corrected chi connectivity index (χ2v) is 11.5. The van der Waals surface area contributed by atoms with Crippen LogP contribution in [0.25, 0.3) is 11.2 Å². The number of halogens is 1. The molecule has 0 amide bonds. The molecule has 0 radical (unpaired) electrons. The number of hydrogen-bond acceptors (Lipinski definition) is 8. The van der Waals surface area contributed by atoms with Gasteiger partial charge >= 0.3 is 0 Å². The molecule has 10 heteroatoms. The minimum atomic E-state index is -0.922. The second-order valence-electron chi connectivity index (χ2n) is 11.1. The van der Waals surface area contributed by atoms with Gasteiger partial charge in [0.25, 0.3) is 0 Å². The zero-order valence-electron chi connectivity index (χ0n) is 23.7. The van der Waals surface area contributed by atoms with Crippen molar-refractivity contribution in [3.8, 4) is 0 Å². The number of hydrogen-bond donors (Lipinski definition) is 1. The zero-order chi connectivity index (χ0) is 29.6. The highest BCUT2D eigenvalue weighted by Crippen LogP contribution is 2.46. The normalized spacial score (nSPS) is 23.1. The predicted octanol–water partition coefficient (Wildman–Crippen LogP) is 5.40. The van der Waals surface area contributed by atoms with Gasteiger partial charge in [0.15, 0.2) is 28.6 Å². The van der Waals surface area contributed by atoms with Crippen LogP contribution in [0.5, 0.6) is 0 Å². The molecule has 2 aliphatic rings. The molecule has 0 unspecified atom stereocenters. The van der Waals surface area contributed by atoms with Crippen molar-refractivity contribution in [1.82, 2.24) is 19.5 Å². The van der Waals surface area contributed by atoms with E-state index in [1.807, 2.05) is 68.4 Å². The summed E-state index contributed by atoms with van der Waals surface area (Å²) in [6.45, 7) is 3.61. The second kappa shape index (κ2) is 11.1. The fourth-order valence-electron chi connectivity index (χ4n) is 6.17. The van der Waals surface area contributed by atoms with Crippen LogP contribution in [0.1, 0.15) is 42.6 Å². The van der Waals surface area contributed by atoms with E-state index in [0.29, 0.717) is 11.2 Å². The minimum Gasteiger partial charge on any atom is -0.388 e. The Labute approximate surface area is 254 Å². The molecule has 7 rings (SSSR count). The van der Waals surface area contributed by atoms with Gasteiger partial charge in [0.1, 0.15) is 36.0 Å². The molecule has 220 valence electrons. The first-order valence-corrected chi connectivity index (χ1v) is 14.6. The monoisotopic (exact) mass is 598 g/mol. The van der Waals surface area contributed by atoms with Crippen molar-refractivity contribution in [2.75, 3.05) is 6.61 Å². The molecule has 5 aromatic rings. The van der Waals surface area contributed by atoms with Crippen LogP contribution in [0.4, 0.5) is 0 Å². The third kappa shape index (κ3) is 4.92. The van der Waals surface area contributed by atoms with Crippen LogP contribution in [0.3, 0.4) is 0 Å². The molecule has 1 N–H and O–H groups in total. The van der Waals surface area contributed by atoms with Gasteiger partial charge in [-0.3, -0.25) is 4.57 Å². The highest BCUT2D eigenvalue weighted by Gasteiger charge is 2.57. The number of ether oxygens (including phenoxy) is 4. The summed E-state index contributed by atoms with van der Waals surface area (Å²) >= 11 is 6.37. The number of nitrogens with zero attached hydrogens (tertiary/aromatic N) is 4. The number of fused-ring (bicyclic) bond motifs is 2. The average molecular weight is 599 g/mol. The standard InChI is InChI=1S/C33H31ClN4O5/c1-32(2)42-27-24(41-31(28(27)43-32)38-20-35-26-29(34)36-25(18-39)37-30(26)38)19-40-33(21-12-6-3-7-13-21,22-14-8-4-9-15-22)23-16-10-5-11-17-23/h3-17,20,24,27-28,31,39H,18-19H2,1-2H3/t24-,27-,28-,31-/m1/s1. The summed E-state index contributed by atoms with van der Waals surface area (Å²) in [6.07, 6.45) is -0.449. The van der Waals surface area contributed by atoms with E-state index in [9.17, 15) is 5.11 Å². The molecule has 0 aliphatic carbocycles. The SMILES string of the molecule is CC1(C)O[C@@H]2[C@H](O1)[C@@H](COC(c1ccccc1)(c1ccccc1)c1ccccc1)O[C@H]2n1cnc2c(Cl)nc(CO)nc21. The van der Waals surface area contributed by atoms with E-state index in [4.69, 9.17) is 30.5 Å². The number of imidazole rings is 1. The maximum atomic E-state index is 9.70. The van der Waals surface area contributed by atoms with Gasteiger partial charge < -0.3 is 24.1 Å². The van der Waals surface area contributed by atoms with E-state index in [1.165, 1.54) is 0 Å². The van der Waals surface area contributed by atoms with Gasteiger partial charge in [-0.25, -0.2) is 15.0 Å². The van der Waals surface area contributed by atoms with Gasteiger partial charge in [-0.1, -0.05) is 103 Å². The van der Waals surface area contributed by atoms with Gasteiger partial charge in [-0.2, -0.15) is 0 Å². The molecule has 2 aromatic heterocycles. The Bertz CT molecular complexity index is 1620. The maximum absolute atomic E-state index is 9.70. The van der Waals surface area contributed by atoms with Crippen molar-refractivity contribution >= 4 is 22.8 Å². The van der Waals surface area contributed by atoms with Crippen LogP contribution in [-0.2, 0) is 31.2 Å². The Balaban J connectivity index is 1.29. The quantitative estimate of drug-likeness (QED) is 0.187. The predicted molar refractivity (Wildman–Crippen MR) is 159 cm³/mol. The molecule has 3 aromatic carbocycles. The van der Waals surface area contributed by atoms with E-state index < -0.39 is 35.9 Å². The molecular weight excluding hydrogens is 568 g/mol. The average Bonchev–Trinajstić information content (AvgIpc) is 3.70. The van der Waals surface area contributed by atoms with Crippen molar-refractivity contribution in [1.29, 1.82) is 0 Å². The van der Waals surface area contributed by atoms with Crippen LogP contribution >= 0.6 is 11.6 Å². The fraction of sp³-hybridized carbons (Fsp3) is 0.303. The molecule has 43 heavy (non-hydrogen) atoms. The van der Waals surface area contributed by atoms with Crippen LogP contribution in [0.2, 0.25) is 5.15 Å². The molecular formula is C33H31ClN4O5. The van der Waals surface area contributed by atoms with Crippen molar-refractivity contribution in [3.63, 3.8) is 0 Å². The summed E-state index contributed by atoms with van der Waals surface area (Å²) in [5.41, 5.74) is 2.90. The maximum Gasteiger partial charge on any atom is 0.167 e. The molecule has 2 fully saturated rings. The Morgan fingerprint density at radius 2 is 1.42 bits per heavy atom. The molecule has 4 atom stereocenters. The van der Waals surface area contributed by atoms with Crippen molar-refractivity contribution in [2.24, 2.45) is 0 Å². The molecule has 0 bridgehead atoms. The van der Waals surface area contributed by atoms with E-state index in [2.05, 4.69) is 51.4 Å². The summed E-state index contributed by atoms with van der Waals surface area (Å²) < 4.78 is 28.3. The van der Waals surface area contributed by atoms with Crippen LogP contribution in [0.15, 0.2) is 97.3 Å². The first-order valence-electron chi connectivity index (χ1n) is 14.2. The van der Waals surface area contributed by atoms with Gasteiger partial charge in [0.05, 0.1) is 12.9 Å². The largest absolute Gasteiger partial charge is 0.388 e. The number of aliphatic hydroxyl groups is 1. The van der Waals surface area contributed by atoms with Crippen LogP contribution in [0, 0.1) is 0 Å². The first kappa shape index (κ1) is 28.1. The lowest BCUT2D eigenvalue weighted by Crippen LogP contribution is -2.39. The molecule has 9 nitrogen and oxygen atoms in total. The third-order valence-corrected chi connectivity index (χ3v) is 8.23. The molecule has 0 saturated carbocycles. The van der Waals surface area contributed by atoms with E-state index in [0.717, 1.165) is 16.7 Å². The van der Waals surface area contributed by atoms with Gasteiger partial charge in [0.2, 0.25) is 0 Å². The number of rotatable bonds is 8. The topological polar surface area (TPSA) is 101 Å². The molecule has 2 saturated heterocycles. The lowest BCUT2D eigenvalue weighted by Gasteiger charge is -2.37. The van der Waals surface area contributed by atoms with E-state index in [-0.39, 0.29) is 24.2 Å². The van der Waals surface area contributed by atoms with Gasteiger partial charge in [-0.05, 0) is 30.5 Å². The minimum absolute atomic E-state index is 0.157. The van der Waals surface area contributed by atoms with E-state index in [1.54, 1.807) is 10.9 Å². The Kier molecular flexibility index (Phi) is 7.25. The summed E-state index contributed by atoms with van der Waals surface area (Å²) in [6, 6.07) is 30.6. The van der Waals surface area contributed by atoms with Crippen LogP contribution in [-0.4, -0.2) is 55.3 Å². The van der Waals surface area contributed by atoms with Crippen molar-refractivity contribution in [3.05, 3.63) is 125 Å². The lowest BCUT2D eigenvalue weighted by atomic mass is 9.80. The number of aliphatic hydroxyl groups excluding tert-OH is 1. The Morgan fingerprint density at radius 3 is 1.98 bits per heavy atom. The summed E-state index contributed by atoms with van der Waals surface area (Å²) in [5, 5.41) is 9.86.